The van der Waals surface area contributed by atoms with Crippen LogP contribution in [-0.2, 0) is 37.5 Å². The van der Waals surface area contributed by atoms with E-state index in [-0.39, 0.29) is 17.1 Å². The second-order valence-corrected chi connectivity index (χ2v) is 3.67. The maximum absolute atomic E-state index is 10.3. The quantitative estimate of drug-likeness (QED) is 0.346. The summed E-state index contributed by atoms with van der Waals surface area (Å²) in [5.74, 6) is 0. The molecule has 0 aliphatic rings. The molecule has 2 aromatic carbocycles. The van der Waals surface area contributed by atoms with Gasteiger partial charge in [-0.1, -0.05) is 17.7 Å². The first-order valence-corrected chi connectivity index (χ1v) is 5.67. The van der Waals surface area contributed by atoms with Crippen molar-refractivity contribution in [3.63, 3.8) is 0 Å². The van der Waals surface area contributed by atoms with E-state index < -0.39 is 11.1 Å². The van der Waals surface area contributed by atoms with Crippen molar-refractivity contribution >= 4 is 11.1 Å². The Bertz CT molecular complexity index is 452. The Labute approximate surface area is 131 Å². The SMILES string of the molecule is Cc1ccc(S(=O)[O-])cc1.[C-]#[O+].[C-]#[O+].[Fe+6].[c-]1[c-][c-][cH-][c-]1. The van der Waals surface area contributed by atoms with Crippen molar-refractivity contribution in [3.05, 3.63) is 73.5 Å². The average Bonchev–Trinajstić information content (AvgIpc) is 3.03. The van der Waals surface area contributed by atoms with Crippen LogP contribution in [-0.4, -0.2) is 8.76 Å². The molecule has 0 spiro atoms. The molecular weight excluding hydrogens is 320 g/mol. The van der Waals surface area contributed by atoms with Crippen molar-refractivity contribution in [1.82, 2.24) is 0 Å². The molecular formula is C14H8FeO4S. The van der Waals surface area contributed by atoms with Crippen LogP contribution in [0.25, 0.3) is 0 Å². The van der Waals surface area contributed by atoms with Gasteiger partial charge in [0.15, 0.2) is 0 Å². The van der Waals surface area contributed by atoms with Crippen LogP contribution in [0.4, 0.5) is 0 Å². The molecule has 0 aromatic heterocycles. The zero-order chi connectivity index (χ0) is 15.1. The molecule has 0 saturated heterocycles. The van der Waals surface area contributed by atoms with Crippen LogP contribution in [0.2, 0.25) is 0 Å². The molecule has 6 heteroatoms. The standard InChI is InChI=1S/C7H8O2S.C5H.2CO.Fe/c1-6-2-4-7(5-3-6)10(8)9;1-2-4-5-3-1;2*1-2;/h2-5H,1H3,(H,8,9);1H;;;/q;-5;;;+6/p-1. The van der Waals surface area contributed by atoms with Crippen LogP contribution < -0.4 is 0 Å². The smallest absolute Gasteiger partial charge is 0.999 e. The van der Waals surface area contributed by atoms with Gasteiger partial charge in [0.05, 0.1) is 0 Å². The monoisotopic (exact) mass is 328 g/mol. The molecule has 0 bridgehead atoms. The van der Waals surface area contributed by atoms with Crippen molar-refractivity contribution in [1.29, 1.82) is 0 Å². The van der Waals surface area contributed by atoms with Crippen LogP contribution in [0, 0.1) is 44.5 Å². The fourth-order valence-electron chi connectivity index (χ4n) is 0.830. The number of aryl methyl sites for hydroxylation is 1. The van der Waals surface area contributed by atoms with Gasteiger partial charge in [-0.3, -0.25) is 4.21 Å². The summed E-state index contributed by atoms with van der Waals surface area (Å²) in [6.45, 7) is 10.9. The van der Waals surface area contributed by atoms with Crippen LogP contribution in [0.1, 0.15) is 5.56 Å². The molecule has 0 aliphatic heterocycles. The van der Waals surface area contributed by atoms with E-state index in [0.717, 1.165) is 5.56 Å². The normalized spacial score (nSPS) is 8.70. The minimum atomic E-state index is -2.09. The van der Waals surface area contributed by atoms with Gasteiger partial charge < -0.3 is 34.9 Å². The van der Waals surface area contributed by atoms with Crippen LogP contribution in [0.5, 0.6) is 0 Å². The largest absolute Gasteiger partial charge is 6.00 e. The molecule has 2 aromatic rings. The van der Waals surface area contributed by atoms with Gasteiger partial charge in [0.1, 0.15) is 0 Å². The topological polar surface area (TPSA) is 79.9 Å². The zero-order valence-corrected chi connectivity index (χ0v) is 12.2. The van der Waals surface area contributed by atoms with E-state index in [2.05, 4.69) is 37.6 Å². The van der Waals surface area contributed by atoms with Crippen molar-refractivity contribution in [2.45, 2.75) is 11.8 Å². The van der Waals surface area contributed by atoms with E-state index in [9.17, 15) is 8.76 Å². The molecule has 0 amide bonds. The van der Waals surface area contributed by atoms with E-state index in [1.165, 1.54) is 0 Å². The van der Waals surface area contributed by atoms with E-state index in [1.54, 1.807) is 30.3 Å². The van der Waals surface area contributed by atoms with Crippen LogP contribution in [0.3, 0.4) is 0 Å². The summed E-state index contributed by atoms with van der Waals surface area (Å²) in [5.41, 5.74) is 1.06. The number of hydrogen-bond donors (Lipinski definition) is 0. The third-order valence-electron chi connectivity index (χ3n) is 1.56. The van der Waals surface area contributed by atoms with Gasteiger partial charge in [0.2, 0.25) is 0 Å². The van der Waals surface area contributed by atoms with Gasteiger partial charge in [-0.05, 0) is 30.1 Å². The maximum Gasteiger partial charge on any atom is 6.00 e. The van der Waals surface area contributed by atoms with E-state index in [1.807, 2.05) is 6.92 Å². The van der Waals surface area contributed by atoms with E-state index in [4.69, 9.17) is 9.30 Å². The second-order valence-electron chi connectivity index (χ2n) is 2.73. The second kappa shape index (κ2) is 17.7. The summed E-state index contributed by atoms with van der Waals surface area (Å²) in [4.78, 5) is 0.339. The van der Waals surface area contributed by atoms with Crippen LogP contribution >= 0.6 is 0 Å². The van der Waals surface area contributed by atoms with Crippen LogP contribution in [0.15, 0.2) is 35.2 Å². The predicted octanol–water partition coefficient (Wildman–Crippen LogP) is 1.76. The fourth-order valence-corrected chi connectivity index (χ4v) is 1.19. The maximum atomic E-state index is 10.3. The van der Waals surface area contributed by atoms with E-state index >= 15 is 0 Å². The van der Waals surface area contributed by atoms with Gasteiger partial charge in [-0.15, -0.1) is 0 Å². The van der Waals surface area contributed by atoms with Crippen molar-refractivity contribution in [2.24, 2.45) is 0 Å². The van der Waals surface area contributed by atoms with Gasteiger partial charge in [0.25, 0.3) is 0 Å². The molecule has 20 heavy (non-hydrogen) atoms. The van der Waals surface area contributed by atoms with Gasteiger partial charge in [-0.25, -0.2) is 0 Å². The number of rotatable bonds is 1. The van der Waals surface area contributed by atoms with Crippen molar-refractivity contribution < 1.29 is 35.1 Å². The molecule has 0 aliphatic carbocycles. The molecule has 2 rings (SSSR count). The summed E-state index contributed by atoms with van der Waals surface area (Å²) >= 11 is -2.09. The molecule has 0 saturated carbocycles. The number of hydrogen-bond acceptors (Lipinski definition) is 2. The van der Waals surface area contributed by atoms with Crippen molar-refractivity contribution in [3.8, 4) is 0 Å². The van der Waals surface area contributed by atoms with Gasteiger partial charge in [-0.2, -0.15) is 0 Å². The minimum Gasteiger partial charge on any atom is -0.999 e. The summed E-state index contributed by atoms with van der Waals surface area (Å²) in [7, 11) is 0. The van der Waals surface area contributed by atoms with Gasteiger partial charge in [0, 0.05) is 4.90 Å². The molecule has 0 heterocycles. The summed E-state index contributed by atoms with van der Waals surface area (Å²) < 4.78 is 35.6. The third-order valence-corrected chi connectivity index (χ3v) is 2.22. The Morgan fingerprint density at radius 3 is 1.75 bits per heavy atom. The van der Waals surface area contributed by atoms with Gasteiger partial charge >= 0.3 is 39.7 Å². The first-order chi connectivity index (χ1) is 9.20. The fraction of sp³-hybridized carbons (Fsp3) is 0.0714. The number of benzene rings is 1. The molecule has 0 N–H and O–H groups in total. The molecule has 102 valence electrons. The Balaban J connectivity index is -0.000000246. The zero-order valence-electron chi connectivity index (χ0n) is 10.3. The van der Waals surface area contributed by atoms with Crippen molar-refractivity contribution in [2.75, 3.05) is 0 Å². The first-order valence-electron chi connectivity index (χ1n) is 4.59. The molecule has 0 fully saturated rings. The first kappa shape index (κ1) is 23.7. The Hall–Kier alpha value is -1.32. The Morgan fingerprint density at radius 2 is 1.50 bits per heavy atom. The summed E-state index contributed by atoms with van der Waals surface area (Å²) in [5, 5.41) is 0. The minimum absolute atomic E-state index is 0. The predicted molar refractivity (Wildman–Crippen MR) is 63.6 cm³/mol. The Morgan fingerprint density at radius 1 is 1.10 bits per heavy atom. The molecule has 1 atom stereocenters. The summed E-state index contributed by atoms with van der Waals surface area (Å²) in [6.07, 6.45) is 0. The molecule has 4 nitrogen and oxygen atoms in total. The molecule has 1 unspecified atom stereocenters. The molecule has 0 radical (unpaired) electrons. The third kappa shape index (κ3) is 13.1. The van der Waals surface area contributed by atoms with E-state index in [0.29, 0.717) is 4.90 Å². The average molecular weight is 328 g/mol. The Kier molecular flexibility index (Phi) is 21.0. The summed E-state index contributed by atoms with van der Waals surface area (Å²) in [6, 6.07) is 18.7.